The van der Waals surface area contributed by atoms with Crippen molar-refractivity contribution >= 4 is 0 Å². The summed E-state index contributed by atoms with van der Waals surface area (Å²) in [7, 11) is 0. The Morgan fingerprint density at radius 2 is 1.56 bits per heavy atom. The number of fused-ring (bicyclic) bond motifs is 3. The number of aliphatic hydroxyl groups is 3. The minimum absolute atomic E-state index is 0.153. The summed E-state index contributed by atoms with van der Waals surface area (Å²) < 4.78 is 21.9. The number of benzene rings is 2. The first-order valence-corrected chi connectivity index (χ1v) is 8.90. The molecule has 1 aliphatic carbocycles. The predicted octanol–water partition coefficient (Wildman–Crippen LogP) is 1.16. The van der Waals surface area contributed by atoms with Gasteiger partial charge in [0.05, 0.1) is 6.61 Å². The van der Waals surface area contributed by atoms with Gasteiger partial charge in [0.2, 0.25) is 13.6 Å². The molecule has 3 N–H and O–H groups in total. The van der Waals surface area contributed by atoms with E-state index in [-0.39, 0.29) is 20.2 Å². The summed E-state index contributed by atoms with van der Waals surface area (Å²) in [5, 5.41) is 31.5. The van der Waals surface area contributed by atoms with Crippen LogP contribution >= 0.6 is 0 Å². The van der Waals surface area contributed by atoms with Crippen molar-refractivity contribution < 1.29 is 34.3 Å². The zero-order valence-corrected chi connectivity index (χ0v) is 14.6. The molecule has 27 heavy (non-hydrogen) atoms. The van der Waals surface area contributed by atoms with Crippen molar-refractivity contribution in [3.63, 3.8) is 0 Å². The Morgan fingerprint density at radius 3 is 2.26 bits per heavy atom. The molecule has 2 aromatic carbocycles. The van der Waals surface area contributed by atoms with Gasteiger partial charge in [-0.3, -0.25) is 0 Å². The summed E-state index contributed by atoms with van der Waals surface area (Å²) in [6, 6.07) is 9.23. The van der Waals surface area contributed by atoms with Crippen molar-refractivity contribution in [2.24, 2.45) is 5.92 Å². The fourth-order valence-corrected chi connectivity index (χ4v) is 4.40. The van der Waals surface area contributed by atoms with Crippen molar-refractivity contribution in [1.29, 1.82) is 0 Å². The molecule has 0 amide bonds. The standard InChI is InChI=1S/C20H20O7/c21-7-13-3-12-5-17-18(27-10-26-17)6-14(12)19(20(13,23)8-22)11-1-2-15-16(4-11)25-9-24-15/h1-2,4-6,13,19,21-23H,3,7-10H2/t13-,19-,20+/m0/s1. The lowest BCUT2D eigenvalue weighted by molar-refractivity contribution is -0.0936. The number of ether oxygens (including phenoxy) is 4. The quantitative estimate of drug-likeness (QED) is 0.744. The molecule has 0 bridgehead atoms. The molecule has 2 heterocycles. The zero-order valence-electron chi connectivity index (χ0n) is 14.6. The fourth-order valence-electron chi connectivity index (χ4n) is 4.40. The van der Waals surface area contributed by atoms with Gasteiger partial charge in [0, 0.05) is 18.4 Å². The molecule has 0 unspecified atom stereocenters. The Bertz CT molecular complexity index is 896. The second-order valence-electron chi connectivity index (χ2n) is 7.18. The lowest BCUT2D eigenvalue weighted by Gasteiger charge is -2.45. The minimum atomic E-state index is -1.52. The Balaban J connectivity index is 1.70. The average molecular weight is 372 g/mol. The highest BCUT2D eigenvalue weighted by atomic mass is 16.7. The predicted molar refractivity (Wildman–Crippen MR) is 93.3 cm³/mol. The molecule has 142 valence electrons. The summed E-state index contributed by atoms with van der Waals surface area (Å²) in [6.07, 6.45) is 0.431. The molecular weight excluding hydrogens is 352 g/mol. The Hall–Kier alpha value is -2.48. The SMILES string of the molecule is OC[C@@H]1Cc2cc3c(cc2[C@H](c2ccc4c(c2)OCO4)[C@@]1(O)CO)OCO3. The normalized spacial score (nSPS) is 27.5. The van der Waals surface area contributed by atoms with E-state index in [2.05, 4.69) is 0 Å². The third-order valence-corrected chi connectivity index (χ3v) is 5.82. The highest BCUT2D eigenvalue weighted by molar-refractivity contribution is 5.56. The Morgan fingerprint density at radius 1 is 0.889 bits per heavy atom. The van der Waals surface area contributed by atoms with Crippen LogP contribution in [0.15, 0.2) is 30.3 Å². The first-order valence-electron chi connectivity index (χ1n) is 8.90. The second-order valence-corrected chi connectivity index (χ2v) is 7.18. The van der Waals surface area contributed by atoms with E-state index in [1.165, 1.54) is 0 Å². The van der Waals surface area contributed by atoms with E-state index in [9.17, 15) is 15.3 Å². The van der Waals surface area contributed by atoms with Gasteiger partial charge >= 0.3 is 0 Å². The Labute approximate surface area is 155 Å². The summed E-state index contributed by atoms with van der Waals surface area (Å²) in [6.45, 7) is -0.417. The third-order valence-electron chi connectivity index (χ3n) is 5.82. The molecule has 0 spiro atoms. The van der Waals surface area contributed by atoms with Gasteiger partial charge in [-0.25, -0.2) is 0 Å². The van der Waals surface area contributed by atoms with E-state index >= 15 is 0 Å². The van der Waals surface area contributed by atoms with E-state index in [0.29, 0.717) is 29.4 Å². The lowest BCUT2D eigenvalue weighted by atomic mass is 9.64. The van der Waals surface area contributed by atoms with Crippen molar-refractivity contribution in [1.82, 2.24) is 0 Å². The van der Waals surface area contributed by atoms with Crippen LogP contribution in [0.25, 0.3) is 0 Å². The third kappa shape index (κ3) is 2.39. The largest absolute Gasteiger partial charge is 0.454 e. The van der Waals surface area contributed by atoms with E-state index < -0.39 is 24.0 Å². The van der Waals surface area contributed by atoms with Crippen LogP contribution in [0.4, 0.5) is 0 Å². The van der Waals surface area contributed by atoms with Gasteiger partial charge < -0.3 is 34.3 Å². The first-order chi connectivity index (χ1) is 13.1. The van der Waals surface area contributed by atoms with E-state index in [4.69, 9.17) is 18.9 Å². The highest BCUT2D eigenvalue weighted by Gasteiger charge is 2.49. The fraction of sp³-hybridized carbons (Fsp3) is 0.400. The molecule has 0 fully saturated rings. The first kappa shape index (κ1) is 16.7. The summed E-state index contributed by atoms with van der Waals surface area (Å²) >= 11 is 0. The van der Waals surface area contributed by atoms with Crippen LogP contribution in [0.1, 0.15) is 22.6 Å². The number of hydrogen-bond donors (Lipinski definition) is 3. The Kier molecular flexibility index (Phi) is 3.72. The topological polar surface area (TPSA) is 97.6 Å². The molecule has 2 aliphatic heterocycles. The van der Waals surface area contributed by atoms with E-state index in [1.807, 2.05) is 24.3 Å². The van der Waals surface area contributed by atoms with Crippen LogP contribution in [0.2, 0.25) is 0 Å². The van der Waals surface area contributed by atoms with Crippen molar-refractivity contribution in [3.05, 3.63) is 47.0 Å². The molecule has 7 heteroatoms. The van der Waals surface area contributed by atoms with Crippen LogP contribution in [-0.4, -0.2) is 47.7 Å². The summed E-state index contributed by atoms with van der Waals surface area (Å²) in [4.78, 5) is 0. The summed E-state index contributed by atoms with van der Waals surface area (Å²) in [5.74, 6) is 1.43. The molecule has 7 nitrogen and oxygen atoms in total. The summed E-state index contributed by atoms with van der Waals surface area (Å²) in [5.41, 5.74) is 1.05. The maximum Gasteiger partial charge on any atom is 0.231 e. The van der Waals surface area contributed by atoms with Gasteiger partial charge in [-0.15, -0.1) is 0 Å². The maximum absolute atomic E-state index is 11.4. The molecule has 3 atom stereocenters. The average Bonchev–Trinajstić information content (AvgIpc) is 3.33. The van der Waals surface area contributed by atoms with Gasteiger partial charge in [-0.1, -0.05) is 6.07 Å². The van der Waals surface area contributed by atoms with Gasteiger partial charge in [0.15, 0.2) is 23.0 Å². The molecule has 2 aromatic rings. The van der Waals surface area contributed by atoms with Crippen LogP contribution in [-0.2, 0) is 6.42 Å². The van der Waals surface area contributed by atoms with Crippen molar-refractivity contribution in [2.45, 2.75) is 17.9 Å². The zero-order chi connectivity index (χ0) is 18.6. The molecular formula is C20H20O7. The molecule has 0 aromatic heterocycles. The highest BCUT2D eigenvalue weighted by Crippen LogP contribution is 2.51. The minimum Gasteiger partial charge on any atom is -0.454 e. The van der Waals surface area contributed by atoms with Crippen molar-refractivity contribution in [3.8, 4) is 23.0 Å². The lowest BCUT2D eigenvalue weighted by Crippen LogP contribution is -2.52. The molecule has 3 aliphatic rings. The van der Waals surface area contributed by atoms with Crippen molar-refractivity contribution in [2.75, 3.05) is 26.8 Å². The molecule has 0 radical (unpaired) electrons. The van der Waals surface area contributed by atoms with Gasteiger partial charge in [-0.05, 0) is 47.4 Å². The van der Waals surface area contributed by atoms with Crippen LogP contribution in [0.5, 0.6) is 23.0 Å². The number of aliphatic hydroxyl groups excluding tert-OH is 2. The van der Waals surface area contributed by atoms with Crippen LogP contribution in [0, 0.1) is 5.92 Å². The molecule has 0 saturated heterocycles. The van der Waals surface area contributed by atoms with Crippen LogP contribution in [0.3, 0.4) is 0 Å². The van der Waals surface area contributed by atoms with Gasteiger partial charge in [0.25, 0.3) is 0 Å². The number of rotatable bonds is 3. The smallest absolute Gasteiger partial charge is 0.231 e. The molecule has 5 rings (SSSR count). The monoisotopic (exact) mass is 372 g/mol. The van der Waals surface area contributed by atoms with Crippen LogP contribution < -0.4 is 18.9 Å². The molecule has 0 saturated carbocycles. The van der Waals surface area contributed by atoms with Gasteiger partial charge in [0.1, 0.15) is 5.60 Å². The maximum atomic E-state index is 11.4. The second kappa shape index (κ2) is 6.02. The number of hydrogen-bond acceptors (Lipinski definition) is 7. The van der Waals surface area contributed by atoms with Gasteiger partial charge in [-0.2, -0.15) is 0 Å². The van der Waals surface area contributed by atoms with E-state index in [1.54, 1.807) is 6.07 Å². The van der Waals surface area contributed by atoms with E-state index in [0.717, 1.165) is 16.7 Å².